The molecule has 0 amide bonds. The molecular formula is C24H31N3. The lowest BCUT2D eigenvalue weighted by molar-refractivity contribution is 0.145. The summed E-state index contributed by atoms with van der Waals surface area (Å²) in [6.45, 7) is 10.2. The normalized spacial score (nSPS) is 21.6. The van der Waals surface area contributed by atoms with Crippen molar-refractivity contribution in [3.8, 4) is 0 Å². The van der Waals surface area contributed by atoms with Gasteiger partial charge in [-0.05, 0) is 50.8 Å². The molecule has 0 radical (unpaired) electrons. The van der Waals surface area contributed by atoms with E-state index in [1.165, 1.54) is 17.0 Å². The molecule has 2 aliphatic rings. The molecule has 3 nitrogen and oxygen atoms in total. The number of hydrogen-bond acceptors (Lipinski definition) is 3. The summed E-state index contributed by atoms with van der Waals surface area (Å²) in [5.41, 5.74) is 7.97. The van der Waals surface area contributed by atoms with Gasteiger partial charge in [-0.15, -0.1) is 5.73 Å². The van der Waals surface area contributed by atoms with Crippen molar-refractivity contribution in [2.24, 2.45) is 10.9 Å². The van der Waals surface area contributed by atoms with E-state index in [1.54, 1.807) is 0 Å². The molecule has 2 rings (SSSR count). The van der Waals surface area contributed by atoms with Gasteiger partial charge < -0.3 is 9.80 Å². The maximum absolute atomic E-state index is 4.31. The van der Waals surface area contributed by atoms with Crippen molar-refractivity contribution in [2.45, 2.75) is 33.4 Å². The van der Waals surface area contributed by atoms with Crippen LogP contribution in [0.3, 0.4) is 0 Å². The van der Waals surface area contributed by atoms with Crippen molar-refractivity contribution in [3.05, 3.63) is 89.2 Å². The van der Waals surface area contributed by atoms with Gasteiger partial charge in [-0.2, -0.15) is 0 Å². The van der Waals surface area contributed by atoms with Gasteiger partial charge in [0.1, 0.15) is 6.17 Å². The molecule has 0 N–H and O–H groups in total. The van der Waals surface area contributed by atoms with Gasteiger partial charge in [0.2, 0.25) is 0 Å². The molecule has 1 heterocycles. The fraction of sp³-hybridized carbons (Fsp3) is 0.333. The molecule has 0 bridgehead atoms. The van der Waals surface area contributed by atoms with Gasteiger partial charge >= 0.3 is 0 Å². The molecule has 142 valence electrons. The molecular weight excluding hydrogens is 330 g/mol. The maximum Gasteiger partial charge on any atom is 0.109 e. The van der Waals surface area contributed by atoms with Crippen molar-refractivity contribution in [2.75, 3.05) is 14.1 Å². The van der Waals surface area contributed by atoms with Crippen LogP contribution in [-0.4, -0.2) is 36.8 Å². The Morgan fingerprint density at radius 3 is 2.70 bits per heavy atom. The fourth-order valence-electron chi connectivity index (χ4n) is 3.56. The van der Waals surface area contributed by atoms with Gasteiger partial charge in [0.25, 0.3) is 0 Å². The Bertz CT molecular complexity index is 795. The number of likely N-dealkylation sites (N-methyl/N-ethyl adjacent to an activating group) is 1. The third-order valence-electron chi connectivity index (χ3n) is 5.13. The smallest absolute Gasteiger partial charge is 0.109 e. The second-order valence-electron chi connectivity index (χ2n) is 6.86. The Morgan fingerprint density at radius 1 is 1.30 bits per heavy atom. The first-order valence-electron chi connectivity index (χ1n) is 9.42. The topological polar surface area (TPSA) is 18.8 Å². The zero-order valence-corrected chi connectivity index (χ0v) is 17.2. The highest BCUT2D eigenvalue weighted by atomic mass is 15.4. The monoisotopic (exact) mass is 361 g/mol. The maximum atomic E-state index is 4.31. The Kier molecular flexibility index (Phi) is 7.45. The van der Waals surface area contributed by atoms with Gasteiger partial charge in [0.15, 0.2) is 0 Å². The van der Waals surface area contributed by atoms with Crippen LogP contribution in [0.1, 0.15) is 27.2 Å². The van der Waals surface area contributed by atoms with Crippen LogP contribution in [0, 0.1) is 5.92 Å². The van der Waals surface area contributed by atoms with Crippen LogP contribution in [0.15, 0.2) is 94.1 Å². The SMILES string of the molecule is C=N/C(=C\C=C=C1C=CC=CC1)C(C)C1N(C)C(C)=C(/C=C\C=C/C)N1C. The molecule has 0 aromatic heterocycles. The molecule has 1 aliphatic carbocycles. The van der Waals surface area contributed by atoms with Gasteiger partial charge in [0.05, 0.1) is 5.70 Å². The Morgan fingerprint density at radius 2 is 2.07 bits per heavy atom. The van der Waals surface area contributed by atoms with E-state index in [1.807, 2.05) is 31.2 Å². The molecule has 27 heavy (non-hydrogen) atoms. The molecule has 0 saturated heterocycles. The minimum Gasteiger partial charge on any atom is -0.356 e. The van der Waals surface area contributed by atoms with Crippen molar-refractivity contribution in [1.82, 2.24) is 9.80 Å². The van der Waals surface area contributed by atoms with Gasteiger partial charge in [-0.25, -0.2) is 0 Å². The zero-order chi connectivity index (χ0) is 19.8. The predicted octanol–water partition coefficient (Wildman–Crippen LogP) is 5.37. The molecule has 0 aromatic rings. The summed E-state index contributed by atoms with van der Waals surface area (Å²) >= 11 is 0. The summed E-state index contributed by atoms with van der Waals surface area (Å²) in [4.78, 5) is 8.94. The van der Waals surface area contributed by atoms with Crippen LogP contribution >= 0.6 is 0 Å². The van der Waals surface area contributed by atoms with E-state index in [4.69, 9.17) is 0 Å². The third-order valence-corrected chi connectivity index (χ3v) is 5.13. The Labute approximate surface area is 164 Å². The summed E-state index contributed by atoms with van der Waals surface area (Å²) in [6, 6.07) is 0. The summed E-state index contributed by atoms with van der Waals surface area (Å²) in [5.74, 6) is 0.199. The zero-order valence-electron chi connectivity index (χ0n) is 17.2. The predicted molar refractivity (Wildman–Crippen MR) is 117 cm³/mol. The van der Waals surface area contributed by atoms with E-state index in [0.29, 0.717) is 0 Å². The van der Waals surface area contributed by atoms with Gasteiger partial charge in [-0.3, -0.25) is 4.99 Å². The molecule has 0 saturated carbocycles. The number of rotatable bonds is 6. The van der Waals surface area contributed by atoms with E-state index in [0.717, 1.165) is 12.1 Å². The first-order chi connectivity index (χ1) is 13.0. The van der Waals surface area contributed by atoms with E-state index in [-0.39, 0.29) is 12.1 Å². The van der Waals surface area contributed by atoms with E-state index in [9.17, 15) is 0 Å². The Balaban J connectivity index is 2.22. The molecule has 2 atom stereocenters. The minimum atomic E-state index is 0.199. The highest BCUT2D eigenvalue weighted by Crippen LogP contribution is 2.34. The lowest BCUT2D eigenvalue weighted by Crippen LogP contribution is -2.41. The fourth-order valence-corrected chi connectivity index (χ4v) is 3.56. The van der Waals surface area contributed by atoms with Crippen LogP contribution in [-0.2, 0) is 0 Å². The minimum absolute atomic E-state index is 0.199. The van der Waals surface area contributed by atoms with Crippen LogP contribution in [0.5, 0.6) is 0 Å². The lowest BCUT2D eigenvalue weighted by Gasteiger charge is -2.34. The number of hydrogen-bond donors (Lipinski definition) is 0. The van der Waals surface area contributed by atoms with Crippen molar-refractivity contribution in [3.63, 3.8) is 0 Å². The summed E-state index contributed by atoms with van der Waals surface area (Å²) in [6.07, 6.45) is 21.8. The van der Waals surface area contributed by atoms with Crippen LogP contribution < -0.4 is 0 Å². The van der Waals surface area contributed by atoms with Gasteiger partial charge in [-0.1, -0.05) is 49.5 Å². The van der Waals surface area contributed by atoms with E-state index >= 15 is 0 Å². The third kappa shape index (κ3) is 4.90. The average molecular weight is 362 g/mol. The second-order valence-corrected chi connectivity index (χ2v) is 6.86. The summed E-state index contributed by atoms with van der Waals surface area (Å²) in [5, 5.41) is 0. The van der Waals surface area contributed by atoms with Crippen molar-refractivity contribution in [1.29, 1.82) is 0 Å². The first-order valence-corrected chi connectivity index (χ1v) is 9.42. The molecule has 0 aromatic carbocycles. The van der Waals surface area contributed by atoms with Crippen molar-refractivity contribution >= 4 is 6.72 Å². The lowest BCUT2D eigenvalue weighted by atomic mass is 10.0. The quantitative estimate of drug-likeness (QED) is 0.360. The summed E-state index contributed by atoms with van der Waals surface area (Å²) in [7, 11) is 4.28. The molecule has 2 unspecified atom stereocenters. The standard InChI is InChI=1S/C24H31N3/c1-7-8-10-18-23-20(3)26(5)24(27(23)6)19(2)22(25-4)17-13-16-21-14-11-9-12-15-21/h7-14,17-19,24H,4,15H2,1-3,5-6H3/b8-7-,18-10-,22-17-. The highest BCUT2D eigenvalue weighted by molar-refractivity contribution is 5.35. The van der Waals surface area contributed by atoms with Crippen LogP contribution in [0.25, 0.3) is 0 Å². The number of aliphatic imine (C=N–C) groups is 1. The summed E-state index contributed by atoms with van der Waals surface area (Å²) < 4.78 is 0. The molecule has 0 fully saturated rings. The van der Waals surface area contributed by atoms with Gasteiger partial charge in [0, 0.05) is 31.4 Å². The second kappa shape index (κ2) is 9.80. The van der Waals surface area contributed by atoms with E-state index in [2.05, 4.69) is 91.6 Å². The number of nitrogens with zero attached hydrogens (tertiary/aromatic N) is 3. The average Bonchev–Trinajstić information content (AvgIpc) is 2.89. The molecule has 0 spiro atoms. The van der Waals surface area contributed by atoms with E-state index < -0.39 is 0 Å². The van der Waals surface area contributed by atoms with Crippen LogP contribution in [0.2, 0.25) is 0 Å². The highest BCUT2D eigenvalue weighted by Gasteiger charge is 2.35. The molecule has 1 aliphatic heterocycles. The van der Waals surface area contributed by atoms with Crippen molar-refractivity contribution < 1.29 is 0 Å². The first kappa shape index (κ1) is 20.5. The largest absolute Gasteiger partial charge is 0.356 e. The number of allylic oxidation sites excluding steroid dienone is 11. The Hall–Kier alpha value is -2.77. The molecule has 3 heteroatoms. The van der Waals surface area contributed by atoms with Crippen LogP contribution in [0.4, 0.5) is 0 Å².